The molecule has 0 unspecified atom stereocenters. The molecule has 0 saturated heterocycles. The molecule has 0 aliphatic heterocycles. The molecule has 0 atom stereocenters. The van der Waals surface area contributed by atoms with Gasteiger partial charge >= 0.3 is 0 Å². The van der Waals surface area contributed by atoms with E-state index in [1.165, 1.54) is 11.8 Å². The molecule has 0 bridgehead atoms. The highest BCUT2D eigenvalue weighted by Gasteiger charge is 2.10. The van der Waals surface area contributed by atoms with E-state index in [0.29, 0.717) is 5.22 Å². The number of nitrogens with zero attached hydrogens (tertiary/aromatic N) is 1. The average Bonchev–Trinajstić information content (AvgIpc) is 2.70. The highest BCUT2D eigenvalue weighted by atomic mass is 79.9. The topological polar surface area (TPSA) is 55.1 Å². The fourth-order valence-electron chi connectivity index (χ4n) is 1.59. The van der Waals surface area contributed by atoms with Crippen molar-refractivity contribution < 1.29 is 9.21 Å². The van der Waals surface area contributed by atoms with Crippen LogP contribution in [0.2, 0.25) is 0 Å². The van der Waals surface area contributed by atoms with Crippen molar-refractivity contribution in [2.45, 2.75) is 26.0 Å². The molecule has 1 aromatic heterocycles. The van der Waals surface area contributed by atoms with E-state index in [4.69, 9.17) is 4.42 Å². The van der Waals surface area contributed by atoms with Crippen LogP contribution in [0.1, 0.15) is 17.0 Å². The normalized spacial score (nSPS) is 10.6. The van der Waals surface area contributed by atoms with E-state index in [2.05, 4.69) is 26.2 Å². The molecule has 20 heavy (non-hydrogen) atoms. The van der Waals surface area contributed by atoms with Crippen molar-refractivity contribution in [2.75, 3.05) is 11.1 Å². The van der Waals surface area contributed by atoms with Crippen molar-refractivity contribution >= 4 is 39.3 Å². The maximum Gasteiger partial charge on any atom is 0.256 e. The quantitative estimate of drug-likeness (QED) is 0.840. The third kappa shape index (κ3) is 3.86. The van der Waals surface area contributed by atoms with Gasteiger partial charge in [-0.3, -0.25) is 4.79 Å². The molecule has 0 fully saturated rings. The lowest BCUT2D eigenvalue weighted by Crippen LogP contribution is -2.14. The molecule has 1 amide bonds. The highest BCUT2D eigenvalue weighted by Crippen LogP contribution is 2.22. The molecule has 106 valence electrons. The summed E-state index contributed by atoms with van der Waals surface area (Å²) in [6, 6.07) is 5.74. The fourth-order valence-corrected chi connectivity index (χ4v) is 2.77. The van der Waals surface area contributed by atoms with Gasteiger partial charge in [-0.2, -0.15) is 0 Å². The second-order valence-electron chi connectivity index (χ2n) is 4.42. The van der Waals surface area contributed by atoms with Crippen LogP contribution in [0.15, 0.2) is 32.3 Å². The van der Waals surface area contributed by atoms with E-state index >= 15 is 0 Å². The number of oxazole rings is 1. The fraction of sp³-hybridized carbons (Fsp3) is 0.286. The minimum atomic E-state index is -0.0751. The number of aryl methyl sites for hydroxylation is 3. The number of hydrogen-bond acceptors (Lipinski definition) is 4. The predicted molar refractivity (Wildman–Crippen MR) is 84.2 cm³/mol. The van der Waals surface area contributed by atoms with Crippen LogP contribution in [-0.4, -0.2) is 16.6 Å². The Labute approximate surface area is 130 Å². The number of carbonyl (C=O) groups is 1. The molecule has 0 aliphatic carbocycles. The zero-order valence-electron chi connectivity index (χ0n) is 11.5. The molecular formula is C14H15BrN2O2S. The van der Waals surface area contributed by atoms with Gasteiger partial charge in [0.25, 0.3) is 5.22 Å². The van der Waals surface area contributed by atoms with Crippen molar-refractivity contribution in [2.24, 2.45) is 0 Å². The molecule has 0 radical (unpaired) electrons. The lowest BCUT2D eigenvalue weighted by Gasteiger charge is -2.07. The monoisotopic (exact) mass is 354 g/mol. The molecule has 0 spiro atoms. The summed E-state index contributed by atoms with van der Waals surface area (Å²) >= 11 is 4.69. The van der Waals surface area contributed by atoms with Gasteiger partial charge in [-0.1, -0.05) is 27.7 Å². The Balaban J connectivity index is 1.92. The average molecular weight is 355 g/mol. The second-order valence-corrected chi connectivity index (χ2v) is 6.26. The molecule has 0 aliphatic rings. The zero-order valence-corrected chi connectivity index (χ0v) is 13.9. The number of nitrogens with one attached hydrogen (secondary N) is 1. The number of thioether (sulfide) groups is 1. The summed E-state index contributed by atoms with van der Waals surface area (Å²) in [6.07, 6.45) is 0. The third-order valence-electron chi connectivity index (χ3n) is 2.80. The Kier molecular flexibility index (Phi) is 4.88. The molecule has 2 aromatic rings. The SMILES string of the molecule is Cc1cc(Br)ccc1NC(=O)CSc1nc(C)c(C)o1. The van der Waals surface area contributed by atoms with Gasteiger partial charge in [-0.15, -0.1) is 0 Å². The molecular weight excluding hydrogens is 340 g/mol. The number of amides is 1. The third-order valence-corrected chi connectivity index (χ3v) is 4.12. The number of aromatic nitrogens is 1. The lowest BCUT2D eigenvalue weighted by molar-refractivity contribution is -0.113. The maximum absolute atomic E-state index is 11.9. The number of carbonyl (C=O) groups excluding carboxylic acids is 1. The first-order chi connectivity index (χ1) is 9.45. The van der Waals surface area contributed by atoms with Gasteiger partial charge in [-0.05, 0) is 44.5 Å². The number of halogens is 1. The van der Waals surface area contributed by atoms with Crippen LogP contribution >= 0.6 is 27.7 Å². The summed E-state index contributed by atoms with van der Waals surface area (Å²) < 4.78 is 6.41. The summed E-state index contributed by atoms with van der Waals surface area (Å²) in [5.74, 6) is 0.986. The van der Waals surface area contributed by atoms with E-state index in [0.717, 1.165) is 27.2 Å². The first kappa shape index (κ1) is 15.1. The smallest absolute Gasteiger partial charge is 0.256 e. The number of hydrogen-bond donors (Lipinski definition) is 1. The number of rotatable bonds is 4. The predicted octanol–water partition coefficient (Wildman–Crippen LogP) is 4.09. The van der Waals surface area contributed by atoms with E-state index in [-0.39, 0.29) is 11.7 Å². The number of anilines is 1. The van der Waals surface area contributed by atoms with Crippen LogP contribution in [0.4, 0.5) is 5.69 Å². The van der Waals surface area contributed by atoms with Crippen LogP contribution in [0, 0.1) is 20.8 Å². The van der Waals surface area contributed by atoms with Crippen LogP contribution in [0.25, 0.3) is 0 Å². The Morgan fingerprint density at radius 3 is 2.75 bits per heavy atom. The van der Waals surface area contributed by atoms with E-state index < -0.39 is 0 Å². The highest BCUT2D eigenvalue weighted by molar-refractivity contribution is 9.10. The van der Waals surface area contributed by atoms with Crippen LogP contribution < -0.4 is 5.32 Å². The first-order valence-electron chi connectivity index (χ1n) is 6.08. The summed E-state index contributed by atoms with van der Waals surface area (Å²) in [5.41, 5.74) is 2.69. The van der Waals surface area contributed by atoms with Gasteiger partial charge in [0, 0.05) is 10.2 Å². The van der Waals surface area contributed by atoms with Crippen LogP contribution in [0.3, 0.4) is 0 Å². The Hall–Kier alpha value is -1.27. The maximum atomic E-state index is 11.9. The molecule has 1 aromatic carbocycles. The van der Waals surface area contributed by atoms with Gasteiger partial charge < -0.3 is 9.73 Å². The standard InChI is InChI=1S/C14H15BrN2O2S/c1-8-6-11(15)4-5-12(8)17-13(18)7-20-14-16-9(2)10(3)19-14/h4-6H,7H2,1-3H3,(H,17,18). The largest absolute Gasteiger partial charge is 0.437 e. The van der Waals surface area contributed by atoms with Gasteiger partial charge in [0.2, 0.25) is 5.91 Å². The van der Waals surface area contributed by atoms with Crippen LogP contribution in [-0.2, 0) is 4.79 Å². The Morgan fingerprint density at radius 1 is 1.40 bits per heavy atom. The molecule has 1 N–H and O–H groups in total. The number of benzene rings is 1. The van der Waals surface area contributed by atoms with Crippen molar-refractivity contribution in [3.8, 4) is 0 Å². The minimum Gasteiger partial charge on any atom is -0.437 e. The lowest BCUT2D eigenvalue weighted by atomic mass is 10.2. The van der Waals surface area contributed by atoms with Crippen LogP contribution in [0.5, 0.6) is 0 Å². The second kappa shape index (κ2) is 6.45. The van der Waals surface area contributed by atoms with Crippen molar-refractivity contribution in [1.82, 2.24) is 4.98 Å². The van der Waals surface area contributed by atoms with E-state index in [9.17, 15) is 4.79 Å². The summed E-state index contributed by atoms with van der Waals surface area (Å²) in [7, 11) is 0. The molecule has 2 rings (SSSR count). The molecule has 0 saturated carbocycles. The Bertz CT molecular complexity index is 621. The van der Waals surface area contributed by atoms with Gasteiger partial charge in [-0.25, -0.2) is 4.98 Å². The van der Waals surface area contributed by atoms with Crippen molar-refractivity contribution in [3.05, 3.63) is 39.7 Å². The Morgan fingerprint density at radius 2 is 2.15 bits per heavy atom. The first-order valence-corrected chi connectivity index (χ1v) is 7.86. The van der Waals surface area contributed by atoms with Gasteiger partial charge in [0.1, 0.15) is 5.76 Å². The molecule has 1 heterocycles. The van der Waals surface area contributed by atoms with Crippen molar-refractivity contribution in [1.29, 1.82) is 0 Å². The zero-order chi connectivity index (χ0) is 14.7. The van der Waals surface area contributed by atoms with E-state index in [1.807, 2.05) is 39.0 Å². The molecule has 6 heteroatoms. The van der Waals surface area contributed by atoms with Gasteiger partial charge in [0.15, 0.2) is 0 Å². The molecule has 4 nitrogen and oxygen atoms in total. The van der Waals surface area contributed by atoms with Crippen molar-refractivity contribution in [3.63, 3.8) is 0 Å². The minimum absolute atomic E-state index is 0.0751. The summed E-state index contributed by atoms with van der Waals surface area (Å²) in [4.78, 5) is 16.1. The summed E-state index contributed by atoms with van der Waals surface area (Å²) in [5, 5.41) is 3.41. The summed E-state index contributed by atoms with van der Waals surface area (Å²) in [6.45, 7) is 5.69. The van der Waals surface area contributed by atoms with Gasteiger partial charge in [0.05, 0.1) is 11.4 Å². The van der Waals surface area contributed by atoms with E-state index in [1.54, 1.807) is 0 Å².